The number of nitrogens with zero attached hydrogens (tertiary/aromatic N) is 3. The lowest BCUT2D eigenvalue weighted by Crippen LogP contribution is -2.18. The standard InChI is InChI=1S/C18H16N4OS/c19-9-13-12-5-1-4-8-16(12)24-18(13)21-17(23)10-22-11-20-14-6-2-3-7-15(14)22/h2-3,6-7,11H,1,4-5,8,10H2,(H,21,23). The Labute approximate surface area is 143 Å². The Hall–Kier alpha value is -2.65. The third-order valence-corrected chi connectivity index (χ3v) is 5.58. The maximum absolute atomic E-state index is 12.4. The van der Waals surface area contributed by atoms with Crippen LogP contribution in [0, 0.1) is 11.3 Å². The van der Waals surface area contributed by atoms with Crippen LogP contribution in [0.25, 0.3) is 11.0 Å². The minimum atomic E-state index is -0.131. The van der Waals surface area contributed by atoms with Crippen LogP contribution in [0.3, 0.4) is 0 Å². The number of thiophene rings is 1. The summed E-state index contributed by atoms with van der Waals surface area (Å²) < 4.78 is 1.82. The van der Waals surface area contributed by atoms with E-state index in [0.717, 1.165) is 42.3 Å². The fourth-order valence-electron chi connectivity index (χ4n) is 3.23. The number of para-hydroxylation sites is 2. The van der Waals surface area contributed by atoms with Gasteiger partial charge in [0.25, 0.3) is 0 Å². The Bertz CT molecular complexity index is 963. The van der Waals surface area contributed by atoms with Crippen molar-refractivity contribution in [2.45, 2.75) is 32.2 Å². The predicted octanol–water partition coefficient (Wildman–Crippen LogP) is 3.49. The molecule has 2 heterocycles. The first-order chi connectivity index (χ1) is 11.8. The van der Waals surface area contributed by atoms with E-state index in [1.165, 1.54) is 4.88 Å². The Morgan fingerprint density at radius 1 is 1.33 bits per heavy atom. The Morgan fingerprint density at radius 3 is 3.04 bits per heavy atom. The highest BCUT2D eigenvalue weighted by Crippen LogP contribution is 2.37. The van der Waals surface area contributed by atoms with E-state index in [1.807, 2.05) is 28.8 Å². The number of hydrogen-bond acceptors (Lipinski definition) is 4. The number of imidazole rings is 1. The topological polar surface area (TPSA) is 70.7 Å². The van der Waals surface area contributed by atoms with Crippen LogP contribution in [-0.2, 0) is 24.2 Å². The Morgan fingerprint density at radius 2 is 2.17 bits per heavy atom. The molecular formula is C18H16N4OS. The number of hydrogen-bond donors (Lipinski definition) is 1. The molecule has 4 rings (SSSR count). The van der Waals surface area contributed by atoms with Crippen LogP contribution < -0.4 is 5.32 Å². The van der Waals surface area contributed by atoms with Crippen molar-refractivity contribution in [1.29, 1.82) is 5.26 Å². The molecule has 0 atom stereocenters. The minimum absolute atomic E-state index is 0.131. The summed E-state index contributed by atoms with van der Waals surface area (Å²) in [7, 11) is 0. The number of carbonyl (C=O) groups is 1. The molecule has 1 aromatic carbocycles. The molecular weight excluding hydrogens is 320 g/mol. The van der Waals surface area contributed by atoms with E-state index in [9.17, 15) is 10.1 Å². The van der Waals surface area contributed by atoms with Gasteiger partial charge >= 0.3 is 0 Å². The zero-order chi connectivity index (χ0) is 16.5. The van der Waals surface area contributed by atoms with E-state index in [-0.39, 0.29) is 12.5 Å². The maximum atomic E-state index is 12.4. The van der Waals surface area contributed by atoms with Gasteiger partial charge in [0.05, 0.1) is 22.9 Å². The van der Waals surface area contributed by atoms with E-state index in [2.05, 4.69) is 16.4 Å². The quantitative estimate of drug-likeness (QED) is 0.796. The van der Waals surface area contributed by atoms with Gasteiger partial charge in [-0.15, -0.1) is 11.3 Å². The molecule has 1 N–H and O–H groups in total. The molecule has 0 unspecified atom stereocenters. The minimum Gasteiger partial charge on any atom is -0.321 e. The van der Waals surface area contributed by atoms with Crippen molar-refractivity contribution in [2.75, 3.05) is 5.32 Å². The third-order valence-electron chi connectivity index (χ3n) is 4.38. The number of aryl methyl sites for hydroxylation is 1. The molecule has 0 bridgehead atoms. The zero-order valence-corrected chi connectivity index (χ0v) is 13.9. The van der Waals surface area contributed by atoms with Gasteiger partial charge < -0.3 is 9.88 Å². The zero-order valence-electron chi connectivity index (χ0n) is 13.1. The number of nitriles is 1. The molecule has 1 amide bonds. The van der Waals surface area contributed by atoms with Crippen molar-refractivity contribution in [2.24, 2.45) is 0 Å². The summed E-state index contributed by atoms with van der Waals surface area (Å²) in [6.07, 6.45) is 5.90. The van der Waals surface area contributed by atoms with Gasteiger partial charge in [0.15, 0.2) is 0 Å². The number of amides is 1. The first-order valence-corrected chi connectivity index (χ1v) is 8.82. The van der Waals surface area contributed by atoms with Crippen molar-refractivity contribution in [1.82, 2.24) is 9.55 Å². The van der Waals surface area contributed by atoms with Gasteiger partial charge in [0, 0.05) is 4.88 Å². The smallest absolute Gasteiger partial charge is 0.245 e. The van der Waals surface area contributed by atoms with Crippen LogP contribution in [0.2, 0.25) is 0 Å². The molecule has 0 saturated heterocycles. The van der Waals surface area contributed by atoms with Gasteiger partial charge in [0.2, 0.25) is 5.91 Å². The first kappa shape index (κ1) is 14.9. The molecule has 0 spiro atoms. The molecule has 5 nitrogen and oxygen atoms in total. The summed E-state index contributed by atoms with van der Waals surface area (Å²) in [6, 6.07) is 10.00. The summed E-state index contributed by atoms with van der Waals surface area (Å²) in [4.78, 5) is 18.0. The lowest BCUT2D eigenvalue weighted by Gasteiger charge is -2.09. The van der Waals surface area contributed by atoms with Crippen LogP contribution in [-0.4, -0.2) is 15.5 Å². The van der Waals surface area contributed by atoms with Crippen molar-refractivity contribution < 1.29 is 4.79 Å². The summed E-state index contributed by atoms with van der Waals surface area (Å²) in [5.41, 5.74) is 3.59. The molecule has 0 radical (unpaired) electrons. The van der Waals surface area contributed by atoms with Gasteiger partial charge in [-0.1, -0.05) is 12.1 Å². The van der Waals surface area contributed by atoms with Gasteiger partial charge in [0.1, 0.15) is 17.6 Å². The van der Waals surface area contributed by atoms with Gasteiger partial charge in [-0.25, -0.2) is 4.98 Å². The molecule has 2 aromatic heterocycles. The number of carbonyl (C=O) groups excluding carboxylic acids is 1. The number of aromatic nitrogens is 2. The van der Waals surface area contributed by atoms with Crippen LogP contribution in [0.4, 0.5) is 5.00 Å². The van der Waals surface area contributed by atoms with Crippen LogP contribution in [0.15, 0.2) is 30.6 Å². The van der Waals surface area contributed by atoms with Crippen molar-refractivity contribution in [3.63, 3.8) is 0 Å². The van der Waals surface area contributed by atoms with Crippen LogP contribution in [0.5, 0.6) is 0 Å². The third kappa shape index (κ3) is 2.57. The highest BCUT2D eigenvalue weighted by molar-refractivity contribution is 7.16. The summed E-state index contributed by atoms with van der Waals surface area (Å²) in [5, 5.41) is 13.1. The summed E-state index contributed by atoms with van der Waals surface area (Å²) in [5.74, 6) is -0.131. The van der Waals surface area contributed by atoms with Gasteiger partial charge in [-0.3, -0.25) is 4.79 Å². The van der Waals surface area contributed by atoms with E-state index >= 15 is 0 Å². The van der Waals surface area contributed by atoms with E-state index in [0.29, 0.717) is 10.6 Å². The van der Waals surface area contributed by atoms with Crippen LogP contribution in [0.1, 0.15) is 28.8 Å². The summed E-state index contributed by atoms with van der Waals surface area (Å²) >= 11 is 1.55. The highest BCUT2D eigenvalue weighted by Gasteiger charge is 2.21. The lowest BCUT2D eigenvalue weighted by atomic mass is 9.96. The second-order valence-corrected chi connectivity index (χ2v) is 7.04. The normalized spacial score (nSPS) is 13.5. The largest absolute Gasteiger partial charge is 0.321 e. The fraction of sp³-hybridized carbons (Fsp3) is 0.278. The van der Waals surface area contributed by atoms with Gasteiger partial charge in [-0.05, 0) is 43.4 Å². The molecule has 120 valence electrons. The van der Waals surface area contributed by atoms with Crippen molar-refractivity contribution in [3.8, 4) is 6.07 Å². The monoisotopic (exact) mass is 336 g/mol. The molecule has 0 fully saturated rings. The molecule has 0 saturated carbocycles. The summed E-state index contributed by atoms with van der Waals surface area (Å²) in [6.45, 7) is 0.188. The van der Waals surface area contributed by atoms with E-state index in [1.54, 1.807) is 17.7 Å². The Kier molecular flexibility index (Phi) is 3.79. The van der Waals surface area contributed by atoms with Crippen molar-refractivity contribution in [3.05, 3.63) is 46.6 Å². The fourth-order valence-corrected chi connectivity index (χ4v) is 4.49. The van der Waals surface area contributed by atoms with E-state index < -0.39 is 0 Å². The SMILES string of the molecule is N#Cc1c(NC(=O)Cn2cnc3ccccc32)sc2c1CCCC2. The average molecular weight is 336 g/mol. The number of nitrogens with one attached hydrogen (secondary N) is 1. The molecule has 3 aromatic rings. The molecule has 6 heteroatoms. The number of rotatable bonds is 3. The molecule has 0 aliphatic heterocycles. The second kappa shape index (κ2) is 6.10. The Balaban J connectivity index is 1.56. The first-order valence-electron chi connectivity index (χ1n) is 8.00. The predicted molar refractivity (Wildman–Crippen MR) is 94.0 cm³/mol. The number of fused-ring (bicyclic) bond motifs is 2. The lowest BCUT2D eigenvalue weighted by molar-refractivity contribution is -0.116. The number of benzene rings is 1. The molecule has 24 heavy (non-hydrogen) atoms. The van der Waals surface area contributed by atoms with Crippen molar-refractivity contribution >= 4 is 33.3 Å². The highest BCUT2D eigenvalue weighted by atomic mass is 32.1. The number of anilines is 1. The maximum Gasteiger partial charge on any atom is 0.245 e. The molecule has 1 aliphatic carbocycles. The van der Waals surface area contributed by atoms with E-state index in [4.69, 9.17) is 0 Å². The van der Waals surface area contributed by atoms with Gasteiger partial charge in [-0.2, -0.15) is 5.26 Å². The second-order valence-electron chi connectivity index (χ2n) is 5.94. The van der Waals surface area contributed by atoms with Crippen LogP contribution >= 0.6 is 11.3 Å². The molecule has 1 aliphatic rings. The average Bonchev–Trinajstić information content (AvgIpc) is 3.16.